The van der Waals surface area contributed by atoms with Crippen molar-refractivity contribution in [3.63, 3.8) is 0 Å². The Bertz CT molecular complexity index is 1040. The van der Waals surface area contributed by atoms with Crippen molar-refractivity contribution >= 4 is 17.3 Å². The number of halogens is 1. The Morgan fingerprint density at radius 1 is 1.16 bits per heavy atom. The molecule has 0 bridgehead atoms. The largest absolute Gasteiger partial charge is 0.307 e. The van der Waals surface area contributed by atoms with Crippen LogP contribution in [0.3, 0.4) is 0 Å². The van der Waals surface area contributed by atoms with E-state index in [1.807, 2.05) is 0 Å². The van der Waals surface area contributed by atoms with Gasteiger partial charge in [0.15, 0.2) is 0 Å². The van der Waals surface area contributed by atoms with Gasteiger partial charge >= 0.3 is 0 Å². The van der Waals surface area contributed by atoms with Crippen molar-refractivity contribution in [3.05, 3.63) is 81.2 Å². The fourth-order valence-electron chi connectivity index (χ4n) is 4.61. The Morgan fingerprint density at radius 2 is 1.84 bits per heavy atom. The number of nitro groups is 1. The van der Waals surface area contributed by atoms with Crippen molar-refractivity contribution in [3.8, 4) is 0 Å². The minimum absolute atomic E-state index is 0.0550. The van der Waals surface area contributed by atoms with E-state index in [1.165, 1.54) is 35.9 Å². The van der Waals surface area contributed by atoms with Crippen molar-refractivity contribution in [1.82, 2.24) is 4.90 Å². The normalized spacial score (nSPS) is 17.5. The summed E-state index contributed by atoms with van der Waals surface area (Å²) >= 11 is 0. The van der Waals surface area contributed by atoms with Gasteiger partial charge in [0.1, 0.15) is 5.82 Å². The van der Waals surface area contributed by atoms with Crippen LogP contribution in [-0.4, -0.2) is 41.9 Å². The number of anilines is 1. The van der Waals surface area contributed by atoms with E-state index in [1.54, 1.807) is 17.0 Å². The Hall–Kier alpha value is -3.06. The summed E-state index contributed by atoms with van der Waals surface area (Å²) in [7, 11) is 0. The molecule has 1 amide bonds. The van der Waals surface area contributed by atoms with Crippen LogP contribution < -0.4 is 4.90 Å². The van der Waals surface area contributed by atoms with Crippen molar-refractivity contribution in [1.29, 1.82) is 0 Å². The number of amides is 1. The summed E-state index contributed by atoms with van der Waals surface area (Å²) in [6.07, 6.45) is 3.92. The zero-order valence-corrected chi connectivity index (χ0v) is 17.8. The highest BCUT2D eigenvalue weighted by Crippen LogP contribution is 2.47. The second-order valence-electron chi connectivity index (χ2n) is 8.72. The molecule has 1 saturated heterocycles. The number of nitro benzene ring substituents is 1. The number of fused-ring (bicyclic) bond motifs is 2. The van der Waals surface area contributed by atoms with Crippen LogP contribution in [0, 0.1) is 15.9 Å². The minimum Gasteiger partial charge on any atom is -0.307 e. The van der Waals surface area contributed by atoms with E-state index in [4.69, 9.17) is 0 Å². The molecule has 1 fully saturated rings. The van der Waals surface area contributed by atoms with E-state index in [0.29, 0.717) is 12.1 Å². The number of carbonyl (C=O) groups excluding carboxylic acids is 1. The van der Waals surface area contributed by atoms with Gasteiger partial charge in [-0.15, -0.1) is 0 Å². The van der Waals surface area contributed by atoms with E-state index in [2.05, 4.69) is 24.8 Å². The first kappa shape index (κ1) is 21.2. The van der Waals surface area contributed by atoms with Crippen LogP contribution in [-0.2, 0) is 5.41 Å². The maximum atomic E-state index is 14.2. The van der Waals surface area contributed by atoms with Crippen LogP contribution in [0.2, 0.25) is 0 Å². The quantitative estimate of drug-likeness (QED) is 0.406. The number of likely N-dealkylation sites (tertiary alicyclic amines) is 1. The summed E-state index contributed by atoms with van der Waals surface area (Å²) in [5.74, 6) is -0.513. The van der Waals surface area contributed by atoms with Gasteiger partial charge in [-0.3, -0.25) is 19.8 Å². The van der Waals surface area contributed by atoms with Crippen molar-refractivity contribution < 1.29 is 14.1 Å². The molecule has 7 heteroatoms. The predicted octanol–water partition coefficient (Wildman–Crippen LogP) is 4.69. The summed E-state index contributed by atoms with van der Waals surface area (Å²) in [4.78, 5) is 27.8. The van der Waals surface area contributed by atoms with Gasteiger partial charge in [0.05, 0.1) is 4.92 Å². The molecule has 0 saturated carbocycles. The number of nitrogens with zero attached hydrogens (tertiary/aromatic N) is 3. The third-order valence-electron chi connectivity index (χ3n) is 6.42. The summed E-state index contributed by atoms with van der Waals surface area (Å²) < 4.78 is 14.2. The molecular formula is C24H26FN3O3. The van der Waals surface area contributed by atoms with E-state index in [-0.39, 0.29) is 22.8 Å². The molecule has 2 aliphatic rings. The Morgan fingerprint density at radius 3 is 2.45 bits per heavy atom. The second-order valence-corrected chi connectivity index (χ2v) is 8.72. The molecule has 2 heterocycles. The minimum atomic E-state index is -0.486. The molecule has 2 aromatic rings. The topological polar surface area (TPSA) is 66.7 Å². The zero-order chi connectivity index (χ0) is 22.2. The monoisotopic (exact) mass is 423 g/mol. The Balaban J connectivity index is 1.60. The Labute approximate surface area is 181 Å². The van der Waals surface area contributed by atoms with Gasteiger partial charge in [-0.25, -0.2) is 4.39 Å². The maximum absolute atomic E-state index is 14.2. The highest BCUT2D eigenvalue weighted by molar-refractivity contribution is 6.07. The SMILES string of the molecule is CC(C)=CCN1CCC2(CC1)CN(C(=O)c1ccc([N+](=O)[O-])cc1)c1ccc(F)cc12. The number of rotatable bonds is 4. The highest BCUT2D eigenvalue weighted by Gasteiger charge is 2.46. The van der Waals surface area contributed by atoms with Crippen LogP contribution in [0.25, 0.3) is 0 Å². The van der Waals surface area contributed by atoms with Gasteiger partial charge in [0.2, 0.25) is 0 Å². The molecule has 0 aromatic heterocycles. The van der Waals surface area contributed by atoms with Gasteiger partial charge in [0.25, 0.3) is 11.6 Å². The fraction of sp³-hybridized carbons (Fsp3) is 0.375. The summed E-state index contributed by atoms with van der Waals surface area (Å²) in [5, 5.41) is 10.9. The molecule has 4 rings (SSSR count). The van der Waals surface area contributed by atoms with Crippen LogP contribution >= 0.6 is 0 Å². The molecule has 0 atom stereocenters. The van der Waals surface area contributed by atoms with E-state index < -0.39 is 4.92 Å². The number of carbonyl (C=O) groups is 1. The molecule has 1 spiro atoms. The second kappa shape index (κ2) is 8.23. The fourth-order valence-corrected chi connectivity index (χ4v) is 4.61. The third-order valence-corrected chi connectivity index (χ3v) is 6.42. The van der Waals surface area contributed by atoms with E-state index >= 15 is 0 Å². The molecule has 0 radical (unpaired) electrons. The van der Waals surface area contributed by atoms with Crippen LogP contribution in [0.4, 0.5) is 15.8 Å². The lowest BCUT2D eigenvalue weighted by Crippen LogP contribution is -2.46. The first-order valence-corrected chi connectivity index (χ1v) is 10.5. The average molecular weight is 423 g/mol. The van der Waals surface area contributed by atoms with Crippen molar-refractivity contribution in [2.45, 2.75) is 32.1 Å². The smallest absolute Gasteiger partial charge is 0.269 e. The van der Waals surface area contributed by atoms with Crippen LogP contribution in [0.1, 0.15) is 42.6 Å². The number of hydrogen-bond donors (Lipinski definition) is 0. The standard InChI is InChI=1S/C24H26FN3O3/c1-17(2)9-12-26-13-10-24(11-14-26)16-27(22-8-5-19(25)15-21(22)24)23(29)18-3-6-20(7-4-18)28(30)31/h3-9,15H,10-14,16H2,1-2H3. The lowest BCUT2D eigenvalue weighted by atomic mass is 9.74. The number of hydrogen-bond acceptors (Lipinski definition) is 4. The van der Waals surface area contributed by atoms with Crippen LogP contribution in [0.5, 0.6) is 0 Å². The van der Waals surface area contributed by atoms with Crippen LogP contribution in [0.15, 0.2) is 54.1 Å². The highest BCUT2D eigenvalue weighted by atomic mass is 19.1. The van der Waals surface area contributed by atoms with Gasteiger partial charge in [-0.2, -0.15) is 0 Å². The van der Waals surface area contributed by atoms with Crippen molar-refractivity contribution in [2.75, 3.05) is 31.1 Å². The first-order chi connectivity index (χ1) is 14.8. The molecule has 0 aliphatic carbocycles. The van der Waals surface area contributed by atoms with E-state index in [9.17, 15) is 19.3 Å². The summed E-state index contributed by atoms with van der Waals surface area (Å²) in [6.45, 7) is 7.35. The molecule has 0 N–H and O–H groups in total. The number of benzene rings is 2. The van der Waals surface area contributed by atoms with Gasteiger partial charge in [0, 0.05) is 41.9 Å². The molecule has 31 heavy (non-hydrogen) atoms. The summed E-state index contributed by atoms with van der Waals surface area (Å²) in [6, 6.07) is 10.3. The molecule has 0 unspecified atom stereocenters. The van der Waals surface area contributed by atoms with Gasteiger partial charge in [-0.1, -0.05) is 11.6 Å². The zero-order valence-electron chi connectivity index (χ0n) is 17.8. The summed E-state index contributed by atoms with van der Waals surface area (Å²) in [5.41, 5.74) is 2.98. The van der Waals surface area contributed by atoms with Gasteiger partial charge < -0.3 is 4.90 Å². The molecule has 6 nitrogen and oxygen atoms in total. The lowest BCUT2D eigenvalue weighted by Gasteiger charge is -2.39. The predicted molar refractivity (Wildman–Crippen MR) is 118 cm³/mol. The number of allylic oxidation sites excluding steroid dienone is 1. The third kappa shape index (κ3) is 4.10. The molecule has 162 valence electrons. The van der Waals surface area contributed by atoms with Crippen molar-refractivity contribution in [2.24, 2.45) is 0 Å². The van der Waals surface area contributed by atoms with E-state index in [0.717, 1.165) is 43.7 Å². The first-order valence-electron chi connectivity index (χ1n) is 10.5. The maximum Gasteiger partial charge on any atom is 0.269 e. The number of piperidine rings is 1. The van der Waals surface area contributed by atoms with Gasteiger partial charge in [-0.05, 0) is 75.7 Å². The molecule has 2 aromatic carbocycles. The average Bonchev–Trinajstić information content (AvgIpc) is 3.06. The Kier molecular flexibility index (Phi) is 5.62. The lowest BCUT2D eigenvalue weighted by molar-refractivity contribution is -0.384. The number of non-ortho nitro benzene ring substituents is 1. The molecular weight excluding hydrogens is 397 g/mol. The molecule has 2 aliphatic heterocycles.